The van der Waals surface area contributed by atoms with E-state index in [0.29, 0.717) is 15.1 Å². The lowest BCUT2D eigenvalue weighted by molar-refractivity contribution is -0.137. The van der Waals surface area contributed by atoms with Crippen LogP contribution in [-0.2, 0) is 6.18 Å². The minimum atomic E-state index is -4.40. The number of benzene rings is 2. The molecule has 2 aromatic carbocycles. The minimum Gasteiger partial charge on any atom is -0.207 e. The molecule has 0 N–H and O–H groups in total. The van der Waals surface area contributed by atoms with Crippen molar-refractivity contribution < 1.29 is 17.6 Å². The molecule has 112 valence electrons. The number of hydrogen-bond donors (Lipinski definition) is 0. The highest BCUT2D eigenvalue weighted by molar-refractivity contribution is 9.10. The Morgan fingerprint density at radius 3 is 2.14 bits per heavy atom. The van der Waals surface area contributed by atoms with Crippen LogP contribution in [0, 0.1) is 5.82 Å². The molecule has 0 bridgehead atoms. The molecular weight excluding hydrogens is 439 g/mol. The average Bonchev–Trinajstić information content (AvgIpc) is 2.41. The third-order valence-electron chi connectivity index (χ3n) is 2.84. The molecule has 0 aliphatic carbocycles. The predicted octanol–water partition coefficient (Wildman–Crippen LogP) is 6.74. The van der Waals surface area contributed by atoms with Gasteiger partial charge in [-0.2, -0.15) is 13.2 Å². The van der Waals surface area contributed by atoms with Crippen molar-refractivity contribution in [2.75, 3.05) is 0 Å². The Bertz CT molecular complexity index is 653. The second-order valence-electron chi connectivity index (χ2n) is 4.27. The third kappa shape index (κ3) is 3.79. The summed E-state index contributed by atoms with van der Waals surface area (Å²) < 4.78 is 51.9. The molecule has 21 heavy (non-hydrogen) atoms. The molecule has 0 fully saturated rings. The van der Waals surface area contributed by atoms with Crippen LogP contribution in [0.25, 0.3) is 0 Å². The molecule has 0 aromatic heterocycles. The maximum absolute atomic E-state index is 13.9. The molecule has 0 saturated heterocycles. The van der Waals surface area contributed by atoms with Gasteiger partial charge in [-0.3, -0.25) is 0 Å². The third-order valence-corrected chi connectivity index (χ3v) is 5.06. The zero-order valence-electron chi connectivity index (χ0n) is 10.2. The Labute approximate surface area is 140 Å². The van der Waals surface area contributed by atoms with Crippen LogP contribution in [0.5, 0.6) is 0 Å². The van der Waals surface area contributed by atoms with E-state index in [4.69, 9.17) is 11.6 Å². The van der Waals surface area contributed by atoms with Gasteiger partial charge < -0.3 is 0 Å². The van der Waals surface area contributed by atoms with Gasteiger partial charge in [0.1, 0.15) is 5.82 Å². The van der Waals surface area contributed by atoms with Gasteiger partial charge in [0, 0.05) is 10.0 Å². The van der Waals surface area contributed by atoms with Gasteiger partial charge in [0.25, 0.3) is 0 Å². The molecule has 0 heterocycles. The number of halogens is 7. The zero-order valence-corrected chi connectivity index (χ0v) is 14.1. The largest absolute Gasteiger partial charge is 0.416 e. The van der Waals surface area contributed by atoms with Crippen molar-refractivity contribution in [1.82, 2.24) is 0 Å². The van der Waals surface area contributed by atoms with E-state index < -0.39 is 22.4 Å². The topological polar surface area (TPSA) is 0 Å². The summed E-state index contributed by atoms with van der Waals surface area (Å²) in [7, 11) is 0. The van der Waals surface area contributed by atoms with Crippen molar-refractivity contribution in [3.8, 4) is 0 Å². The van der Waals surface area contributed by atoms with Crippen LogP contribution < -0.4 is 0 Å². The SMILES string of the molecule is Fc1cc(Br)c(Cl)cc1C(Br)c1ccc(C(F)(F)F)cc1. The molecule has 0 nitrogen and oxygen atoms in total. The van der Waals surface area contributed by atoms with Crippen LogP contribution in [0.15, 0.2) is 40.9 Å². The van der Waals surface area contributed by atoms with Gasteiger partial charge in [0.05, 0.1) is 15.4 Å². The van der Waals surface area contributed by atoms with E-state index in [1.54, 1.807) is 0 Å². The van der Waals surface area contributed by atoms with Crippen LogP contribution in [0.3, 0.4) is 0 Å². The van der Waals surface area contributed by atoms with Gasteiger partial charge in [-0.1, -0.05) is 39.7 Å². The fourth-order valence-electron chi connectivity index (χ4n) is 1.75. The molecule has 0 saturated carbocycles. The van der Waals surface area contributed by atoms with E-state index in [9.17, 15) is 17.6 Å². The maximum atomic E-state index is 13.9. The van der Waals surface area contributed by atoms with Gasteiger partial charge in [0.2, 0.25) is 0 Å². The molecule has 7 heteroatoms. The monoisotopic (exact) mass is 444 g/mol. The highest BCUT2D eigenvalue weighted by atomic mass is 79.9. The summed E-state index contributed by atoms with van der Waals surface area (Å²) in [6.07, 6.45) is -4.40. The number of rotatable bonds is 2. The maximum Gasteiger partial charge on any atom is 0.416 e. The lowest BCUT2D eigenvalue weighted by Gasteiger charge is -2.14. The molecule has 0 spiro atoms. The first-order valence-corrected chi connectivity index (χ1v) is 7.74. The van der Waals surface area contributed by atoms with Crippen LogP contribution in [-0.4, -0.2) is 0 Å². The molecule has 1 atom stereocenters. The highest BCUT2D eigenvalue weighted by Crippen LogP contribution is 2.37. The summed E-state index contributed by atoms with van der Waals surface area (Å²) in [6.45, 7) is 0. The molecule has 0 amide bonds. The minimum absolute atomic E-state index is 0.253. The summed E-state index contributed by atoms with van der Waals surface area (Å²) in [5.74, 6) is -0.506. The summed E-state index contributed by atoms with van der Waals surface area (Å²) >= 11 is 12.3. The molecule has 0 radical (unpaired) electrons. The first-order chi connectivity index (χ1) is 9.70. The molecule has 2 aromatic rings. The fraction of sp³-hybridized carbons (Fsp3) is 0.143. The average molecular weight is 446 g/mol. The van der Waals surface area contributed by atoms with E-state index in [0.717, 1.165) is 12.1 Å². The second kappa shape index (κ2) is 6.26. The Morgan fingerprint density at radius 2 is 1.62 bits per heavy atom. The lowest BCUT2D eigenvalue weighted by Crippen LogP contribution is -2.05. The van der Waals surface area contributed by atoms with Crippen molar-refractivity contribution in [1.29, 1.82) is 0 Å². The normalized spacial score (nSPS) is 13.3. The van der Waals surface area contributed by atoms with Gasteiger partial charge >= 0.3 is 6.18 Å². The Morgan fingerprint density at radius 1 is 1.05 bits per heavy atom. The second-order valence-corrected chi connectivity index (χ2v) is 6.45. The molecular formula is C14H7Br2ClF4. The van der Waals surface area contributed by atoms with Crippen molar-refractivity contribution in [2.24, 2.45) is 0 Å². The zero-order chi connectivity index (χ0) is 15.8. The summed E-state index contributed by atoms with van der Waals surface area (Å²) in [6, 6.07) is 7.17. The first-order valence-electron chi connectivity index (χ1n) is 5.66. The van der Waals surface area contributed by atoms with Gasteiger partial charge in [0.15, 0.2) is 0 Å². The summed E-state index contributed by atoms with van der Waals surface area (Å²) in [5.41, 5.74) is 0.00325. The fourth-order valence-corrected chi connectivity index (χ4v) is 2.90. The van der Waals surface area contributed by atoms with E-state index >= 15 is 0 Å². The Hall–Kier alpha value is -0.590. The quantitative estimate of drug-likeness (QED) is 0.272. The Balaban J connectivity index is 2.36. The van der Waals surface area contributed by atoms with Gasteiger partial charge in [-0.15, -0.1) is 0 Å². The van der Waals surface area contributed by atoms with E-state index in [-0.39, 0.29) is 5.56 Å². The van der Waals surface area contributed by atoms with Gasteiger partial charge in [-0.05, 0) is 45.8 Å². The number of hydrogen-bond acceptors (Lipinski definition) is 0. The molecule has 0 aliphatic heterocycles. The van der Waals surface area contributed by atoms with E-state index in [1.807, 2.05) is 0 Å². The predicted molar refractivity (Wildman–Crippen MR) is 81.3 cm³/mol. The van der Waals surface area contributed by atoms with Crippen molar-refractivity contribution in [2.45, 2.75) is 11.0 Å². The van der Waals surface area contributed by atoms with E-state index in [1.165, 1.54) is 24.3 Å². The first kappa shape index (κ1) is 16.8. The van der Waals surface area contributed by atoms with Crippen molar-refractivity contribution in [3.05, 3.63) is 68.4 Å². The van der Waals surface area contributed by atoms with Gasteiger partial charge in [-0.25, -0.2) is 4.39 Å². The molecule has 2 rings (SSSR count). The van der Waals surface area contributed by atoms with Crippen LogP contribution in [0.4, 0.5) is 17.6 Å². The van der Waals surface area contributed by atoms with Crippen molar-refractivity contribution in [3.63, 3.8) is 0 Å². The highest BCUT2D eigenvalue weighted by Gasteiger charge is 2.30. The number of alkyl halides is 4. The van der Waals surface area contributed by atoms with Crippen molar-refractivity contribution >= 4 is 43.5 Å². The Kier molecular flexibility index (Phi) is 5.00. The molecule has 1 unspecified atom stereocenters. The van der Waals surface area contributed by atoms with Crippen LogP contribution in [0.2, 0.25) is 5.02 Å². The summed E-state index contributed by atoms with van der Waals surface area (Å²) in [5, 5.41) is 0.322. The lowest BCUT2D eigenvalue weighted by atomic mass is 10.0. The summed E-state index contributed by atoms with van der Waals surface area (Å²) in [4.78, 5) is -0.592. The molecule has 0 aliphatic rings. The van der Waals surface area contributed by atoms with Crippen LogP contribution in [0.1, 0.15) is 21.5 Å². The van der Waals surface area contributed by atoms with E-state index in [2.05, 4.69) is 31.9 Å². The smallest absolute Gasteiger partial charge is 0.207 e. The standard InChI is InChI=1S/C14H7Br2ClF4/c15-10-6-12(18)9(5-11(10)17)13(16)7-1-3-8(4-2-7)14(19,20)21/h1-6,13H. The van der Waals surface area contributed by atoms with Crippen LogP contribution >= 0.6 is 43.5 Å².